The summed E-state index contributed by atoms with van der Waals surface area (Å²) in [5, 5.41) is 3.28. The minimum atomic E-state index is -0.130. The number of ether oxygens (including phenoxy) is 1. The number of nitrogens with one attached hydrogen (secondary N) is 1. The Labute approximate surface area is 121 Å². The van der Waals surface area contributed by atoms with Gasteiger partial charge in [0.1, 0.15) is 5.75 Å². The summed E-state index contributed by atoms with van der Waals surface area (Å²) >= 11 is 9.28. The Kier molecular flexibility index (Phi) is 6.50. The fraction of sp³-hybridized carbons (Fsp3) is 0.462. The first-order chi connectivity index (χ1) is 8.49. The highest BCUT2D eigenvalue weighted by Gasteiger charge is 2.06. The molecule has 1 N–H and O–H groups in total. The molecule has 1 amide bonds. The van der Waals surface area contributed by atoms with Gasteiger partial charge in [0.2, 0.25) is 0 Å². The van der Waals surface area contributed by atoms with E-state index in [0.29, 0.717) is 23.2 Å². The standard InChI is InChI=1S/C13H17BrClNO2/c1-9(2)5-6-16-13(17)8-18-12-4-3-10(14)7-11(12)15/h3-4,7,9H,5-6,8H2,1-2H3,(H,16,17). The molecular formula is C13H17BrClNO2. The van der Waals surface area contributed by atoms with Gasteiger partial charge in [0.15, 0.2) is 6.61 Å². The van der Waals surface area contributed by atoms with Crippen molar-refractivity contribution in [2.75, 3.05) is 13.2 Å². The molecular weight excluding hydrogens is 318 g/mol. The lowest BCUT2D eigenvalue weighted by molar-refractivity contribution is -0.123. The zero-order chi connectivity index (χ0) is 13.5. The second-order valence-corrected chi connectivity index (χ2v) is 5.72. The van der Waals surface area contributed by atoms with Crippen molar-refractivity contribution < 1.29 is 9.53 Å². The second-order valence-electron chi connectivity index (χ2n) is 4.40. The van der Waals surface area contributed by atoms with Crippen molar-refractivity contribution >= 4 is 33.4 Å². The largest absolute Gasteiger partial charge is 0.482 e. The Balaban J connectivity index is 2.33. The third-order valence-corrected chi connectivity index (χ3v) is 3.09. The van der Waals surface area contributed by atoms with Crippen molar-refractivity contribution in [3.8, 4) is 5.75 Å². The molecule has 0 spiro atoms. The van der Waals surface area contributed by atoms with Gasteiger partial charge in [-0.1, -0.05) is 41.4 Å². The van der Waals surface area contributed by atoms with Crippen LogP contribution in [0.1, 0.15) is 20.3 Å². The van der Waals surface area contributed by atoms with Gasteiger partial charge in [-0.2, -0.15) is 0 Å². The van der Waals surface area contributed by atoms with Crippen molar-refractivity contribution in [2.45, 2.75) is 20.3 Å². The molecule has 100 valence electrons. The van der Waals surface area contributed by atoms with Crippen LogP contribution in [0, 0.1) is 5.92 Å². The molecule has 0 aliphatic heterocycles. The zero-order valence-electron chi connectivity index (χ0n) is 10.5. The van der Waals surface area contributed by atoms with E-state index >= 15 is 0 Å². The first kappa shape index (κ1) is 15.3. The van der Waals surface area contributed by atoms with Crippen LogP contribution >= 0.6 is 27.5 Å². The van der Waals surface area contributed by atoms with Gasteiger partial charge in [0.25, 0.3) is 5.91 Å². The Morgan fingerprint density at radius 3 is 2.83 bits per heavy atom. The summed E-state index contributed by atoms with van der Waals surface area (Å²) < 4.78 is 6.22. The Hall–Kier alpha value is -0.740. The van der Waals surface area contributed by atoms with E-state index in [1.165, 1.54) is 0 Å². The van der Waals surface area contributed by atoms with E-state index in [9.17, 15) is 4.79 Å². The number of amides is 1. The molecule has 18 heavy (non-hydrogen) atoms. The second kappa shape index (κ2) is 7.64. The maximum absolute atomic E-state index is 11.5. The van der Waals surface area contributed by atoms with Gasteiger partial charge in [-0.15, -0.1) is 0 Å². The minimum absolute atomic E-state index is 0.0144. The summed E-state index contributed by atoms with van der Waals surface area (Å²) in [6, 6.07) is 5.28. The zero-order valence-corrected chi connectivity index (χ0v) is 12.8. The summed E-state index contributed by atoms with van der Waals surface area (Å²) in [7, 11) is 0. The third-order valence-electron chi connectivity index (χ3n) is 2.30. The average Bonchev–Trinajstić information content (AvgIpc) is 2.27. The van der Waals surface area contributed by atoms with Crippen LogP contribution in [-0.4, -0.2) is 19.1 Å². The number of halogens is 2. The normalized spacial score (nSPS) is 10.5. The molecule has 1 rings (SSSR count). The highest BCUT2D eigenvalue weighted by Crippen LogP contribution is 2.27. The van der Waals surface area contributed by atoms with Gasteiger partial charge in [-0.3, -0.25) is 4.79 Å². The number of hydrogen-bond donors (Lipinski definition) is 1. The van der Waals surface area contributed by atoms with Crippen LogP contribution < -0.4 is 10.1 Å². The summed E-state index contributed by atoms with van der Waals surface area (Å²) in [6.45, 7) is 4.89. The Morgan fingerprint density at radius 2 is 2.22 bits per heavy atom. The van der Waals surface area contributed by atoms with E-state index in [1.54, 1.807) is 12.1 Å². The van der Waals surface area contributed by atoms with Crippen LogP contribution in [0.25, 0.3) is 0 Å². The lowest BCUT2D eigenvalue weighted by atomic mass is 10.1. The number of carbonyl (C=O) groups is 1. The molecule has 1 aromatic rings. The van der Waals surface area contributed by atoms with Crippen molar-refractivity contribution in [3.05, 3.63) is 27.7 Å². The van der Waals surface area contributed by atoms with Gasteiger partial charge in [-0.05, 0) is 30.5 Å². The Morgan fingerprint density at radius 1 is 1.50 bits per heavy atom. The summed E-state index contributed by atoms with van der Waals surface area (Å²) in [5.74, 6) is 0.959. The molecule has 0 unspecified atom stereocenters. The summed E-state index contributed by atoms with van der Waals surface area (Å²) in [6.07, 6.45) is 0.963. The van der Waals surface area contributed by atoms with Gasteiger partial charge in [-0.25, -0.2) is 0 Å². The molecule has 0 heterocycles. The van der Waals surface area contributed by atoms with Crippen molar-refractivity contribution in [1.82, 2.24) is 5.32 Å². The van der Waals surface area contributed by atoms with E-state index in [1.807, 2.05) is 6.07 Å². The average molecular weight is 335 g/mol. The molecule has 0 aromatic heterocycles. The van der Waals surface area contributed by atoms with Crippen LogP contribution in [0.2, 0.25) is 5.02 Å². The molecule has 0 radical (unpaired) electrons. The monoisotopic (exact) mass is 333 g/mol. The molecule has 0 bridgehead atoms. The molecule has 3 nitrogen and oxygen atoms in total. The molecule has 0 saturated carbocycles. The molecule has 5 heteroatoms. The van der Waals surface area contributed by atoms with E-state index in [-0.39, 0.29) is 12.5 Å². The van der Waals surface area contributed by atoms with Crippen LogP contribution in [0.4, 0.5) is 0 Å². The van der Waals surface area contributed by atoms with Gasteiger partial charge < -0.3 is 10.1 Å². The van der Waals surface area contributed by atoms with Crippen molar-refractivity contribution in [3.63, 3.8) is 0 Å². The highest BCUT2D eigenvalue weighted by atomic mass is 79.9. The maximum atomic E-state index is 11.5. The van der Waals surface area contributed by atoms with Crippen molar-refractivity contribution in [1.29, 1.82) is 0 Å². The third kappa shape index (κ3) is 5.74. The van der Waals surface area contributed by atoms with Crippen LogP contribution in [0.15, 0.2) is 22.7 Å². The van der Waals surface area contributed by atoms with Crippen LogP contribution in [0.5, 0.6) is 5.75 Å². The van der Waals surface area contributed by atoms with E-state index < -0.39 is 0 Å². The molecule has 0 saturated heterocycles. The van der Waals surface area contributed by atoms with Gasteiger partial charge in [0.05, 0.1) is 5.02 Å². The lowest BCUT2D eigenvalue weighted by Crippen LogP contribution is -2.30. The summed E-state index contributed by atoms with van der Waals surface area (Å²) in [5.41, 5.74) is 0. The van der Waals surface area contributed by atoms with Gasteiger partial charge in [0, 0.05) is 11.0 Å². The highest BCUT2D eigenvalue weighted by molar-refractivity contribution is 9.10. The first-order valence-electron chi connectivity index (χ1n) is 5.83. The lowest BCUT2D eigenvalue weighted by Gasteiger charge is -2.09. The number of benzene rings is 1. The predicted octanol–water partition coefficient (Wildman–Crippen LogP) is 3.64. The quantitative estimate of drug-likeness (QED) is 0.862. The minimum Gasteiger partial charge on any atom is -0.482 e. The topological polar surface area (TPSA) is 38.3 Å². The molecule has 0 fully saturated rings. The molecule has 1 aromatic carbocycles. The number of hydrogen-bond acceptors (Lipinski definition) is 2. The Bertz CT molecular complexity index is 410. The fourth-order valence-corrected chi connectivity index (χ4v) is 2.01. The van der Waals surface area contributed by atoms with Crippen LogP contribution in [0.3, 0.4) is 0 Å². The van der Waals surface area contributed by atoms with E-state index in [2.05, 4.69) is 35.1 Å². The fourth-order valence-electron chi connectivity index (χ4n) is 1.29. The van der Waals surface area contributed by atoms with Crippen LogP contribution in [-0.2, 0) is 4.79 Å². The summed E-state index contributed by atoms with van der Waals surface area (Å²) in [4.78, 5) is 11.5. The molecule has 0 aliphatic rings. The first-order valence-corrected chi connectivity index (χ1v) is 7.00. The predicted molar refractivity (Wildman–Crippen MR) is 77.1 cm³/mol. The number of carbonyl (C=O) groups excluding carboxylic acids is 1. The molecule has 0 atom stereocenters. The van der Waals surface area contributed by atoms with Gasteiger partial charge >= 0.3 is 0 Å². The smallest absolute Gasteiger partial charge is 0.257 e. The van der Waals surface area contributed by atoms with E-state index in [4.69, 9.17) is 16.3 Å². The van der Waals surface area contributed by atoms with Crippen molar-refractivity contribution in [2.24, 2.45) is 5.92 Å². The SMILES string of the molecule is CC(C)CCNC(=O)COc1ccc(Br)cc1Cl. The molecule has 0 aliphatic carbocycles. The van der Waals surface area contributed by atoms with E-state index in [0.717, 1.165) is 10.9 Å². The maximum Gasteiger partial charge on any atom is 0.257 e. The number of rotatable bonds is 6.